The zero-order valence-electron chi connectivity index (χ0n) is 7.05. The van der Waals surface area contributed by atoms with Gasteiger partial charge in [-0.3, -0.25) is 4.79 Å². The maximum atomic E-state index is 12.2. The number of nitrogen functional groups attached to an aromatic ring is 1. The Balaban J connectivity index is 3.30. The molecule has 0 spiro atoms. The van der Waals surface area contributed by atoms with Gasteiger partial charge < -0.3 is 5.73 Å². The summed E-state index contributed by atoms with van der Waals surface area (Å²) in [4.78, 5) is 10.5. The van der Waals surface area contributed by atoms with E-state index in [0.29, 0.717) is 11.8 Å². The summed E-state index contributed by atoms with van der Waals surface area (Å²) in [6, 6.07) is 2.34. The zero-order valence-corrected chi connectivity index (χ0v) is 7.05. The summed E-state index contributed by atoms with van der Waals surface area (Å²) in [6.07, 6.45) is -2.07. The lowest BCUT2D eigenvalue weighted by molar-refractivity contribution is 0.112. The van der Waals surface area contributed by atoms with Crippen molar-refractivity contribution in [1.29, 1.82) is 0 Å². The van der Waals surface area contributed by atoms with Crippen molar-refractivity contribution in [2.45, 2.75) is 13.3 Å². The molecule has 0 bridgehead atoms. The SMILES string of the molecule is Cc1c(N)cc(C(F)F)cc1C=O. The first-order valence-electron chi connectivity index (χ1n) is 3.69. The highest BCUT2D eigenvalue weighted by atomic mass is 19.3. The van der Waals surface area contributed by atoms with E-state index in [2.05, 4.69) is 0 Å². The Labute approximate surface area is 74.4 Å². The van der Waals surface area contributed by atoms with Crippen molar-refractivity contribution in [2.24, 2.45) is 0 Å². The highest BCUT2D eigenvalue weighted by molar-refractivity contribution is 5.80. The normalized spacial score (nSPS) is 10.5. The molecule has 0 fully saturated rings. The molecule has 1 aromatic rings. The van der Waals surface area contributed by atoms with Crippen molar-refractivity contribution in [3.05, 3.63) is 28.8 Å². The van der Waals surface area contributed by atoms with Gasteiger partial charge in [0.25, 0.3) is 6.43 Å². The summed E-state index contributed by atoms with van der Waals surface area (Å²) in [5.41, 5.74) is 6.21. The number of aldehydes is 1. The summed E-state index contributed by atoms with van der Waals surface area (Å²) in [6.45, 7) is 1.62. The Morgan fingerprint density at radius 3 is 2.54 bits per heavy atom. The van der Waals surface area contributed by atoms with Gasteiger partial charge in [0, 0.05) is 16.8 Å². The monoisotopic (exact) mass is 185 g/mol. The van der Waals surface area contributed by atoms with Crippen LogP contribution in [0.4, 0.5) is 14.5 Å². The number of rotatable bonds is 2. The van der Waals surface area contributed by atoms with Crippen molar-refractivity contribution in [1.82, 2.24) is 0 Å². The molecule has 0 aromatic heterocycles. The number of hydrogen-bond donors (Lipinski definition) is 1. The highest BCUT2D eigenvalue weighted by Crippen LogP contribution is 2.25. The minimum Gasteiger partial charge on any atom is -0.398 e. The van der Waals surface area contributed by atoms with Crippen molar-refractivity contribution in [3.63, 3.8) is 0 Å². The third-order valence-corrected chi connectivity index (χ3v) is 1.89. The van der Waals surface area contributed by atoms with Crippen LogP contribution < -0.4 is 5.73 Å². The smallest absolute Gasteiger partial charge is 0.263 e. The minimum absolute atomic E-state index is 0.217. The van der Waals surface area contributed by atoms with Crippen LogP contribution in [0, 0.1) is 6.92 Å². The molecule has 2 N–H and O–H groups in total. The lowest BCUT2D eigenvalue weighted by Gasteiger charge is -2.06. The van der Waals surface area contributed by atoms with Crippen LogP contribution >= 0.6 is 0 Å². The summed E-state index contributed by atoms with van der Waals surface area (Å²) in [5.74, 6) is 0. The van der Waals surface area contributed by atoms with Crippen LogP contribution in [-0.4, -0.2) is 6.29 Å². The van der Waals surface area contributed by atoms with Crippen LogP contribution in [0.5, 0.6) is 0 Å². The maximum absolute atomic E-state index is 12.2. The molecular formula is C9H9F2NO. The molecule has 0 saturated carbocycles. The van der Waals surface area contributed by atoms with E-state index in [4.69, 9.17) is 5.73 Å². The second kappa shape index (κ2) is 3.51. The van der Waals surface area contributed by atoms with Crippen LogP contribution in [0.1, 0.15) is 27.9 Å². The second-order valence-electron chi connectivity index (χ2n) is 2.74. The van der Waals surface area contributed by atoms with Crippen LogP contribution in [0.25, 0.3) is 0 Å². The standard InChI is InChI=1S/C9H9F2NO/c1-5-7(4-13)2-6(9(10)11)3-8(5)12/h2-4,9H,12H2,1H3. The molecule has 2 nitrogen and oxygen atoms in total. The Morgan fingerprint density at radius 2 is 2.08 bits per heavy atom. The predicted molar refractivity (Wildman–Crippen MR) is 45.9 cm³/mol. The number of benzene rings is 1. The third-order valence-electron chi connectivity index (χ3n) is 1.89. The molecule has 0 amide bonds. The van der Waals surface area contributed by atoms with E-state index in [1.54, 1.807) is 6.92 Å². The van der Waals surface area contributed by atoms with Gasteiger partial charge in [-0.25, -0.2) is 8.78 Å². The number of anilines is 1. The lowest BCUT2D eigenvalue weighted by Crippen LogP contribution is -1.98. The van der Waals surface area contributed by atoms with Gasteiger partial charge in [-0.2, -0.15) is 0 Å². The van der Waals surface area contributed by atoms with E-state index in [-0.39, 0.29) is 16.8 Å². The zero-order chi connectivity index (χ0) is 10.0. The minimum atomic E-state index is -2.60. The van der Waals surface area contributed by atoms with Crippen LogP contribution in [0.2, 0.25) is 0 Å². The average molecular weight is 185 g/mol. The van der Waals surface area contributed by atoms with Crippen LogP contribution in [0.3, 0.4) is 0 Å². The molecular weight excluding hydrogens is 176 g/mol. The van der Waals surface area contributed by atoms with Gasteiger partial charge in [0.2, 0.25) is 0 Å². The first kappa shape index (κ1) is 9.64. The van der Waals surface area contributed by atoms with Gasteiger partial charge in [-0.1, -0.05) is 0 Å². The van der Waals surface area contributed by atoms with E-state index in [1.165, 1.54) is 6.07 Å². The summed E-state index contributed by atoms with van der Waals surface area (Å²) in [7, 11) is 0. The number of carbonyl (C=O) groups excluding carboxylic acids is 1. The molecule has 0 atom stereocenters. The fraction of sp³-hybridized carbons (Fsp3) is 0.222. The molecule has 0 aliphatic carbocycles. The van der Waals surface area contributed by atoms with Gasteiger partial charge in [-0.15, -0.1) is 0 Å². The number of hydrogen-bond acceptors (Lipinski definition) is 2. The van der Waals surface area contributed by atoms with Crippen molar-refractivity contribution >= 4 is 12.0 Å². The summed E-state index contributed by atoms with van der Waals surface area (Å²) < 4.78 is 24.4. The van der Waals surface area contributed by atoms with Gasteiger partial charge in [0.15, 0.2) is 0 Å². The van der Waals surface area contributed by atoms with Gasteiger partial charge in [-0.05, 0) is 24.6 Å². The molecule has 0 saturated heterocycles. The van der Waals surface area contributed by atoms with E-state index in [1.807, 2.05) is 0 Å². The third kappa shape index (κ3) is 1.83. The molecule has 4 heteroatoms. The Kier molecular flexibility index (Phi) is 2.60. The predicted octanol–water partition coefficient (Wildman–Crippen LogP) is 2.33. The topological polar surface area (TPSA) is 43.1 Å². The molecule has 13 heavy (non-hydrogen) atoms. The first-order chi connectivity index (χ1) is 6.06. The van der Waals surface area contributed by atoms with Crippen molar-refractivity contribution in [3.8, 4) is 0 Å². The summed E-state index contributed by atoms with van der Waals surface area (Å²) in [5, 5.41) is 0. The lowest BCUT2D eigenvalue weighted by atomic mass is 10.0. The summed E-state index contributed by atoms with van der Waals surface area (Å²) >= 11 is 0. The second-order valence-corrected chi connectivity index (χ2v) is 2.74. The largest absolute Gasteiger partial charge is 0.398 e. The molecule has 0 aliphatic rings. The molecule has 0 aliphatic heterocycles. The van der Waals surface area contributed by atoms with E-state index >= 15 is 0 Å². The van der Waals surface area contributed by atoms with Crippen molar-refractivity contribution in [2.75, 3.05) is 5.73 Å². The average Bonchev–Trinajstić information content (AvgIpc) is 2.09. The Bertz CT molecular complexity index is 337. The number of halogens is 2. The first-order valence-corrected chi connectivity index (χ1v) is 3.69. The van der Waals surface area contributed by atoms with Gasteiger partial charge in [0.1, 0.15) is 6.29 Å². The van der Waals surface area contributed by atoms with E-state index < -0.39 is 6.43 Å². The highest BCUT2D eigenvalue weighted by Gasteiger charge is 2.11. The fourth-order valence-electron chi connectivity index (χ4n) is 1.03. The van der Waals surface area contributed by atoms with E-state index in [0.717, 1.165) is 6.07 Å². The Hall–Kier alpha value is -1.45. The molecule has 0 unspecified atom stereocenters. The fourth-order valence-corrected chi connectivity index (χ4v) is 1.03. The van der Waals surface area contributed by atoms with Crippen LogP contribution in [0.15, 0.2) is 12.1 Å². The number of alkyl halides is 2. The number of nitrogens with two attached hydrogens (primary N) is 1. The van der Waals surface area contributed by atoms with Gasteiger partial charge in [0.05, 0.1) is 0 Å². The molecule has 0 radical (unpaired) electrons. The quantitative estimate of drug-likeness (QED) is 0.567. The molecule has 0 heterocycles. The maximum Gasteiger partial charge on any atom is 0.263 e. The van der Waals surface area contributed by atoms with E-state index in [9.17, 15) is 13.6 Å². The molecule has 1 aromatic carbocycles. The molecule has 70 valence electrons. The molecule has 1 rings (SSSR count). The van der Waals surface area contributed by atoms with Crippen LogP contribution in [-0.2, 0) is 0 Å². The number of carbonyl (C=O) groups is 1. The Morgan fingerprint density at radius 1 is 1.46 bits per heavy atom. The van der Waals surface area contributed by atoms with Crippen molar-refractivity contribution < 1.29 is 13.6 Å². The van der Waals surface area contributed by atoms with Gasteiger partial charge >= 0.3 is 0 Å².